The smallest absolute Gasteiger partial charge is 0.194 e. The first-order chi connectivity index (χ1) is 13.7. The molecule has 2 heterocycles. The van der Waals surface area contributed by atoms with Crippen molar-refractivity contribution in [2.75, 3.05) is 52.5 Å². The average Bonchev–Trinajstić information content (AvgIpc) is 3.27. The molecule has 1 saturated carbocycles. The van der Waals surface area contributed by atoms with Gasteiger partial charge in [0.25, 0.3) is 0 Å². The molecule has 0 amide bonds. The predicted molar refractivity (Wildman–Crippen MR) is 106 cm³/mol. The molecular weight excluding hydrogens is 362 g/mol. The van der Waals surface area contributed by atoms with Crippen LogP contribution in [0, 0.1) is 17.6 Å². The minimum Gasteiger partial charge on any atom is -0.379 e. The number of benzene rings is 1. The van der Waals surface area contributed by atoms with Gasteiger partial charge in [-0.15, -0.1) is 0 Å². The molecule has 1 N–H and O–H groups in total. The van der Waals surface area contributed by atoms with Gasteiger partial charge in [0, 0.05) is 56.8 Å². The number of guanidine groups is 1. The highest BCUT2D eigenvalue weighted by Gasteiger charge is 2.43. The van der Waals surface area contributed by atoms with Gasteiger partial charge < -0.3 is 15.0 Å². The van der Waals surface area contributed by atoms with E-state index in [9.17, 15) is 8.78 Å². The molecule has 3 aliphatic rings. The Hall–Kier alpha value is -1.73. The van der Waals surface area contributed by atoms with Crippen LogP contribution in [0.3, 0.4) is 0 Å². The highest BCUT2D eigenvalue weighted by Crippen LogP contribution is 2.43. The Morgan fingerprint density at radius 2 is 1.96 bits per heavy atom. The first kappa shape index (κ1) is 19.6. The van der Waals surface area contributed by atoms with E-state index in [1.807, 2.05) is 6.92 Å². The third kappa shape index (κ3) is 4.46. The zero-order chi connectivity index (χ0) is 19.5. The standard InChI is InChI=1S/C21H30F2N4O/c1-2-24-21(25-19-12-16(19)20-17(22)4-3-5-18(20)23)27-7-6-15(14-27)13-26-8-10-28-11-9-26/h3-5,15-16,19H,2,6-14H2,1H3,(H,24,25). The second-order valence-electron chi connectivity index (χ2n) is 8.04. The molecule has 154 valence electrons. The Morgan fingerprint density at radius 1 is 1.21 bits per heavy atom. The van der Waals surface area contributed by atoms with Crippen molar-refractivity contribution in [1.82, 2.24) is 15.1 Å². The van der Waals surface area contributed by atoms with E-state index in [2.05, 4.69) is 20.1 Å². The number of nitrogens with zero attached hydrogens (tertiary/aromatic N) is 3. The van der Waals surface area contributed by atoms with Gasteiger partial charge in [-0.1, -0.05) is 6.07 Å². The van der Waals surface area contributed by atoms with Crippen LogP contribution in [-0.2, 0) is 4.74 Å². The third-order valence-electron chi connectivity index (χ3n) is 5.99. The quantitative estimate of drug-likeness (QED) is 0.617. The number of aliphatic imine (C=N–C) groups is 1. The van der Waals surface area contributed by atoms with Gasteiger partial charge in [-0.25, -0.2) is 8.78 Å². The first-order valence-corrected chi connectivity index (χ1v) is 10.5. The summed E-state index contributed by atoms with van der Waals surface area (Å²) >= 11 is 0. The molecule has 28 heavy (non-hydrogen) atoms. The summed E-state index contributed by atoms with van der Waals surface area (Å²) in [5.74, 6) is 0.497. The fourth-order valence-electron chi connectivity index (χ4n) is 4.41. The predicted octanol–water partition coefficient (Wildman–Crippen LogP) is 2.44. The summed E-state index contributed by atoms with van der Waals surface area (Å²) in [4.78, 5) is 9.44. The van der Waals surface area contributed by atoms with E-state index in [0.29, 0.717) is 12.5 Å². The lowest BCUT2D eigenvalue weighted by Crippen LogP contribution is -2.43. The minimum atomic E-state index is -0.449. The molecular formula is C21H30F2N4O. The van der Waals surface area contributed by atoms with Gasteiger partial charge in [0.15, 0.2) is 5.96 Å². The van der Waals surface area contributed by atoms with Crippen LogP contribution < -0.4 is 5.32 Å². The van der Waals surface area contributed by atoms with E-state index in [1.165, 1.54) is 18.2 Å². The van der Waals surface area contributed by atoms with Crippen LogP contribution in [0.4, 0.5) is 8.78 Å². The molecule has 3 unspecified atom stereocenters. The van der Waals surface area contributed by atoms with E-state index in [1.54, 1.807) is 0 Å². The molecule has 5 nitrogen and oxygen atoms in total. The molecule has 3 atom stereocenters. The lowest BCUT2D eigenvalue weighted by atomic mass is 10.1. The first-order valence-electron chi connectivity index (χ1n) is 10.5. The molecule has 2 saturated heterocycles. The van der Waals surface area contributed by atoms with Crippen LogP contribution in [0.2, 0.25) is 0 Å². The van der Waals surface area contributed by atoms with Crippen molar-refractivity contribution in [1.29, 1.82) is 0 Å². The van der Waals surface area contributed by atoms with Crippen molar-refractivity contribution in [3.05, 3.63) is 35.4 Å². The number of likely N-dealkylation sites (tertiary alicyclic amines) is 1. The normalized spacial score (nSPS) is 28.6. The molecule has 0 aromatic heterocycles. The van der Waals surface area contributed by atoms with Crippen LogP contribution in [-0.4, -0.2) is 74.3 Å². The van der Waals surface area contributed by atoms with Gasteiger partial charge in [0.1, 0.15) is 11.6 Å². The molecule has 1 aromatic carbocycles. The third-order valence-corrected chi connectivity index (χ3v) is 5.99. The SMILES string of the molecule is CCN=C(NC1CC1c1c(F)cccc1F)N1CCC(CN2CCOCC2)C1. The van der Waals surface area contributed by atoms with Gasteiger partial charge in [-0.3, -0.25) is 9.89 Å². The Balaban J connectivity index is 1.33. The van der Waals surface area contributed by atoms with Gasteiger partial charge in [-0.2, -0.15) is 0 Å². The van der Waals surface area contributed by atoms with Crippen LogP contribution in [0.15, 0.2) is 23.2 Å². The largest absolute Gasteiger partial charge is 0.379 e. The highest BCUT2D eigenvalue weighted by molar-refractivity contribution is 5.81. The van der Waals surface area contributed by atoms with Crippen LogP contribution in [0.5, 0.6) is 0 Å². The Morgan fingerprint density at radius 3 is 2.68 bits per heavy atom. The summed E-state index contributed by atoms with van der Waals surface area (Å²) in [6.07, 6.45) is 1.89. The number of morpholine rings is 1. The summed E-state index contributed by atoms with van der Waals surface area (Å²) in [6.45, 7) is 9.46. The summed E-state index contributed by atoms with van der Waals surface area (Å²) in [5.41, 5.74) is 0.211. The molecule has 3 fully saturated rings. The van der Waals surface area contributed by atoms with Crippen molar-refractivity contribution < 1.29 is 13.5 Å². The van der Waals surface area contributed by atoms with E-state index in [4.69, 9.17) is 4.74 Å². The summed E-state index contributed by atoms with van der Waals surface area (Å²) in [7, 11) is 0. The number of hydrogen-bond acceptors (Lipinski definition) is 3. The van der Waals surface area contributed by atoms with Crippen LogP contribution in [0.25, 0.3) is 0 Å². The van der Waals surface area contributed by atoms with Crippen molar-refractivity contribution >= 4 is 5.96 Å². The lowest BCUT2D eigenvalue weighted by Gasteiger charge is -2.29. The van der Waals surface area contributed by atoms with Crippen molar-refractivity contribution in [2.45, 2.75) is 31.7 Å². The fraction of sp³-hybridized carbons (Fsp3) is 0.667. The van der Waals surface area contributed by atoms with Gasteiger partial charge in [-0.05, 0) is 37.8 Å². The van der Waals surface area contributed by atoms with Crippen molar-refractivity contribution in [2.24, 2.45) is 10.9 Å². The maximum atomic E-state index is 14.1. The molecule has 1 aromatic rings. The zero-order valence-corrected chi connectivity index (χ0v) is 16.5. The number of nitrogens with one attached hydrogen (secondary N) is 1. The van der Waals surface area contributed by atoms with Gasteiger partial charge in [0.05, 0.1) is 13.2 Å². The minimum absolute atomic E-state index is 0.0509. The van der Waals surface area contributed by atoms with Gasteiger partial charge in [0.2, 0.25) is 0 Å². The van der Waals surface area contributed by atoms with E-state index in [0.717, 1.165) is 64.7 Å². The van der Waals surface area contributed by atoms with Crippen molar-refractivity contribution in [3.8, 4) is 0 Å². The summed E-state index contributed by atoms with van der Waals surface area (Å²) < 4.78 is 33.5. The number of halogens is 2. The molecule has 7 heteroatoms. The second kappa shape index (κ2) is 8.74. The maximum Gasteiger partial charge on any atom is 0.194 e. The molecule has 4 rings (SSSR count). The van der Waals surface area contributed by atoms with E-state index >= 15 is 0 Å². The maximum absolute atomic E-state index is 14.1. The Bertz CT molecular complexity index is 687. The highest BCUT2D eigenvalue weighted by atomic mass is 19.1. The van der Waals surface area contributed by atoms with E-state index in [-0.39, 0.29) is 17.5 Å². The monoisotopic (exact) mass is 392 g/mol. The number of ether oxygens (including phenoxy) is 1. The second-order valence-corrected chi connectivity index (χ2v) is 8.04. The summed E-state index contributed by atoms with van der Waals surface area (Å²) in [6, 6.07) is 4.15. The number of hydrogen-bond donors (Lipinski definition) is 1. The topological polar surface area (TPSA) is 40.1 Å². The zero-order valence-electron chi connectivity index (χ0n) is 16.5. The molecule has 0 bridgehead atoms. The van der Waals surface area contributed by atoms with E-state index < -0.39 is 11.6 Å². The average molecular weight is 392 g/mol. The molecule has 0 spiro atoms. The Labute approximate surface area is 165 Å². The fourth-order valence-corrected chi connectivity index (χ4v) is 4.41. The molecule has 1 aliphatic carbocycles. The molecule has 2 aliphatic heterocycles. The lowest BCUT2D eigenvalue weighted by molar-refractivity contribution is 0.0315. The summed E-state index contributed by atoms with van der Waals surface area (Å²) in [5, 5.41) is 3.47. The van der Waals surface area contributed by atoms with Crippen molar-refractivity contribution in [3.63, 3.8) is 0 Å². The van der Waals surface area contributed by atoms with Crippen LogP contribution in [0.1, 0.15) is 31.2 Å². The van der Waals surface area contributed by atoms with Crippen LogP contribution >= 0.6 is 0 Å². The molecule has 0 radical (unpaired) electrons. The number of rotatable bonds is 5. The Kier molecular flexibility index (Phi) is 6.11. The van der Waals surface area contributed by atoms with Gasteiger partial charge >= 0.3 is 0 Å².